The van der Waals surface area contributed by atoms with Gasteiger partial charge in [0.05, 0.1) is 26.5 Å². The van der Waals surface area contributed by atoms with Crippen LogP contribution in [0, 0.1) is 5.92 Å². The maximum Gasteiger partial charge on any atom is 0.229 e. The minimum absolute atomic E-state index is 0.0325. The molecule has 1 fully saturated rings. The number of carbonyl (C=O) groups is 1. The standard InChI is InChI=1S/C19H22N6O3/c1-27-14-6-13(7-15(8-14)28-2)24-19(26)12-4-3-5-25(9-12)18-16-17(21-10-20-16)22-11-23-18/h6-8,10-12H,3-5,9H2,1-2H3,(H,24,26)(H,20,21,22,23)/t12-/m1/s1. The van der Waals surface area contributed by atoms with Gasteiger partial charge in [-0.2, -0.15) is 0 Å². The summed E-state index contributed by atoms with van der Waals surface area (Å²) in [6, 6.07) is 5.32. The second-order valence-corrected chi connectivity index (χ2v) is 6.67. The van der Waals surface area contributed by atoms with E-state index in [1.54, 1.807) is 38.7 Å². The van der Waals surface area contributed by atoms with Crippen LogP contribution in [0.15, 0.2) is 30.9 Å². The number of benzene rings is 1. The molecule has 2 N–H and O–H groups in total. The zero-order valence-corrected chi connectivity index (χ0v) is 15.8. The van der Waals surface area contributed by atoms with E-state index >= 15 is 0 Å². The maximum atomic E-state index is 12.9. The molecule has 9 heteroatoms. The van der Waals surface area contributed by atoms with E-state index in [1.165, 1.54) is 6.33 Å². The molecule has 1 saturated heterocycles. The van der Waals surface area contributed by atoms with Crippen LogP contribution in [0.4, 0.5) is 11.5 Å². The fourth-order valence-corrected chi connectivity index (χ4v) is 3.50. The molecule has 0 aliphatic carbocycles. The molecule has 28 heavy (non-hydrogen) atoms. The van der Waals surface area contributed by atoms with Gasteiger partial charge in [-0.1, -0.05) is 0 Å². The lowest BCUT2D eigenvalue weighted by Crippen LogP contribution is -2.41. The van der Waals surface area contributed by atoms with Gasteiger partial charge in [0.1, 0.15) is 23.3 Å². The number of amides is 1. The number of rotatable bonds is 5. The lowest BCUT2D eigenvalue weighted by Gasteiger charge is -2.32. The molecule has 0 radical (unpaired) electrons. The Morgan fingerprint density at radius 1 is 1.18 bits per heavy atom. The highest BCUT2D eigenvalue weighted by atomic mass is 16.5. The Kier molecular flexibility index (Phi) is 4.96. The summed E-state index contributed by atoms with van der Waals surface area (Å²) in [6.07, 6.45) is 4.83. The third kappa shape index (κ3) is 3.55. The molecule has 0 saturated carbocycles. The molecule has 3 heterocycles. The minimum Gasteiger partial charge on any atom is -0.497 e. The van der Waals surface area contributed by atoms with Crippen molar-refractivity contribution < 1.29 is 14.3 Å². The quantitative estimate of drug-likeness (QED) is 0.697. The lowest BCUT2D eigenvalue weighted by molar-refractivity contribution is -0.120. The number of hydrogen-bond acceptors (Lipinski definition) is 7. The van der Waals surface area contributed by atoms with E-state index < -0.39 is 0 Å². The van der Waals surface area contributed by atoms with Gasteiger partial charge in [0.2, 0.25) is 5.91 Å². The number of anilines is 2. The molecule has 1 aromatic carbocycles. The van der Waals surface area contributed by atoms with Crippen LogP contribution in [-0.4, -0.2) is 53.2 Å². The van der Waals surface area contributed by atoms with E-state index in [1.807, 2.05) is 0 Å². The van der Waals surface area contributed by atoms with E-state index in [0.717, 1.165) is 30.7 Å². The number of piperidine rings is 1. The van der Waals surface area contributed by atoms with Crippen molar-refractivity contribution in [2.24, 2.45) is 5.92 Å². The summed E-state index contributed by atoms with van der Waals surface area (Å²) in [4.78, 5) is 30.8. The third-order valence-electron chi connectivity index (χ3n) is 4.91. The van der Waals surface area contributed by atoms with Crippen molar-refractivity contribution in [1.29, 1.82) is 0 Å². The minimum atomic E-state index is -0.154. The molecule has 0 spiro atoms. The molecule has 1 atom stereocenters. The van der Waals surface area contributed by atoms with Gasteiger partial charge in [0, 0.05) is 37.0 Å². The Morgan fingerprint density at radius 3 is 2.71 bits per heavy atom. The Labute approximate surface area is 162 Å². The molecule has 0 unspecified atom stereocenters. The van der Waals surface area contributed by atoms with Crippen LogP contribution in [0.1, 0.15) is 12.8 Å². The summed E-state index contributed by atoms with van der Waals surface area (Å²) in [7, 11) is 3.16. The number of aromatic amines is 1. The van der Waals surface area contributed by atoms with Crippen LogP contribution >= 0.6 is 0 Å². The molecule has 4 rings (SSSR count). The SMILES string of the molecule is COc1cc(NC(=O)[C@@H]2CCCN(c3ncnc4nc[nH]c34)C2)cc(OC)c1. The second-order valence-electron chi connectivity index (χ2n) is 6.67. The first-order valence-electron chi connectivity index (χ1n) is 9.11. The largest absolute Gasteiger partial charge is 0.497 e. The highest BCUT2D eigenvalue weighted by Crippen LogP contribution is 2.29. The van der Waals surface area contributed by atoms with E-state index in [0.29, 0.717) is 29.4 Å². The van der Waals surface area contributed by atoms with Crippen molar-refractivity contribution in [1.82, 2.24) is 19.9 Å². The van der Waals surface area contributed by atoms with Gasteiger partial charge in [-0.05, 0) is 12.8 Å². The number of methoxy groups -OCH3 is 2. The molecular formula is C19H22N6O3. The Bertz CT molecular complexity index is 966. The monoisotopic (exact) mass is 382 g/mol. The fourth-order valence-electron chi connectivity index (χ4n) is 3.50. The molecule has 146 valence electrons. The van der Waals surface area contributed by atoms with E-state index in [4.69, 9.17) is 9.47 Å². The average Bonchev–Trinajstić information content (AvgIpc) is 3.22. The number of imidazole rings is 1. The van der Waals surface area contributed by atoms with E-state index in [2.05, 4.69) is 30.2 Å². The maximum absolute atomic E-state index is 12.9. The van der Waals surface area contributed by atoms with Crippen LogP contribution in [-0.2, 0) is 4.79 Å². The summed E-state index contributed by atoms with van der Waals surface area (Å²) in [6.45, 7) is 1.42. The Hall–Kier alpha value is -3.36. The van der Waals surface area contributed by atoms with Crippen molar-refractivity contribution >= 4 is 28.6 Å². The molecule has 9 nitrogen and oxygen atoms in total. The predicted octanol–water partition coefficient (Wildman–Crippen LogP) is 2.23. The number of nitrogens with one attached hydrogen (secondary N) is 2. The Morgan fingerprint density at radius 2 is 1.96 bits per heavy atom. The molecule has 0 bridgehead atoms. The van der Waals surface area contributed by atoms with Crippen LogP contribution in [0.25, 0.3) is 11.2 Å². The van der Waals surface area contributed by atoms with E-state index in [9.17, 15) is 4.79 Å². The topological polar surface area (TPSA) is 105 Å². The second kappa shape index (κ2) is 7.71. The summed E-state index contributed by atoms with van der Waals surface area (Å²) in [5, 5.41) is 2.99. The number of carbonyl (C=O) groups excluding carboxylic acids is 1. The van der Waals surface area contributed by atoms with Crippen molar-refractivity contribution in [3.05, 3.63) is 30.9 Å². The molecule has 1 aliphatic heterocycles. The predicted molar refractivity (Wildman–Crippen MR) is 105 cm³/mol. The van der Waals surface area contributed by atoms with Crippen LogP contribution in [0.5, 0.6) is 11.5 Å². The summed E-state index contributed by atoms with van der Waals surface area (Å²) < 4.78 is 10.5. The van der Waals surface area contributed by atoms with Crippen LogP contribution in [0.3, 0.4) is 0 Å². The molecule has 1 amide bonds. The highest BCUT2D eigenvalue weighted by Gasteiger charge is 2.28. The van der Waals surface area contributed by atoms with Crippen molar-refractivity contribution in [2.45, 2.75) is 12.8 Å². The van der Waals surface area contributed by atoms with Gasteiger partial charge < -0.3 is 24.7 Å². The highest BCUT2D eigenvalue weighted by molar-refractivity contribution is 5.93. The number of H-pyrrole nitrogens is 1. The first kappa shape index (κ1) is 18.0. The van der Waals surface area contributed by atoms with Crippen molar-refractivity contribution in [2.75, 3.05) is 37.5 Å². The van der Waals surface area contributed by atoms with Crippen molar-refractivity contribution in [3.63, 3.8) is 0 Å². The molecule has 3 aromatic rings. The summed E-state index contributed by atoms with van der Waals surface area (Å²) in [5.74, 6) is 1.85. The first-order valence-corrected chi connectivity index (χ1v) is 9.11. The third-order valence-corrected chi connectivity index (χ3v) is 4.91. The lowest BCUT2D eigenvalue weighted by atomic mass is 9.97. The number of aromatic nitrogens is 4. The van der Waals surface area contributed by atoms with Gasteiger partial charge in [0.25, 0.3) is 0 Å². The zero-order chi connectivity index (χ0) is 19.5. The Balaban J connectivity index is 1.50. The molecule has 2 aromatic heterocycles. The average molecular weight is 382 g/mol. The normalized spacial score (nSPS) is 16.8. The van der Waals surface area contributed by atoms with Gasteiger partial charge >= 0.3 is 0 Å². The van der Waals surface area contributed by atoms with Gasteiger partial charge in [-0.25, -0.2) is 15.0 Å². The molecular weight excluding hydrogens is 360 g/mol. The zero-order valence-electron chi connectivity index (χ0n) is 15.8. The number of fused-ring (bicyclic) bond motifs is 1. The fraction of sp³-hybridized carbons (Fsp3) is 0.368. The number of ether oxygens (including phenoxy) is 2. The van der Waals surface area contributed by atoms with Gasteiger partial charge in [0.15, 0.2) is 11.5 Å². The van der Waals surface area contributed by atoms with Crippen molar-refractivity contribution in [3.8, 4) is 11.5 Å². The summed E-state index contributed by atoms with van der Waals surface area (Å²) >= 11 is 0. The van der Waals surface area contributed by atoms with Crippen LogP contribution < -0.4 is 19.7 Å². The van der Waals surface area contributed by atoms with E-state index in [-0.39, 0.29) is 11.8 Å². The number of nitrogens with zero attached hydrogens (tertiary/aromatic N) is 4. The first-order chi connectivity index (χ1) is 13.7. The van der Waals surface area contributed by atoms with Gasteiger partial charge in [-0.15, -0.1) is 0 Å². The number of hydrogen-bond donors (Lipinski definition) is 2. The van der Waals surface area contributed by atoms with Crippen LogP contribution in [0.2, 0.25) is 0 Å². The summed E-state index contributed by atoms with van der Waals surface area (Å²) in [5.41, 5.74) is 2.07. The smallest absolute Gasteiger partial charge is 0.229 e. The molecule has 1 aliphatic rings. The van der Waals surface area contributed by atoms with Gasteiger partial charge in [-0.3, -0.25) is 4.79 Å².